The number of nitrogens with zero attached hydrogens (tertiary/aromatic N) is 1. The van der Waals surface area contributed by atoms with Crippen LogP contribution in [0, 0.1) is 18.3 Å². The predicted molar refractivity (Wildman–Crippen MR) is 80.3 cm³/mol. The fourth-order valence-electron chi connectivity index (χ4n) is 1.78. The van der Waals surface area contributed by atoms with Gasteiger partial charge >= 0.3 is 5.97 Å². The summed E-state index contributed by atoms with van der Waals surface area (Å²) < 4.78 is 0.702. The first-order valence-electron chi connectivity index (χ1n) is 5.82. The third kappa shape index (κ3) is 2.98. The number of nitriles is 1. The van der Waals surface area contributed by atoms with Gasteiger partial charge in [0.15, 0.2) is 0 Å². The lowest BCUT2D eigenvalue weighted by Gasteiger charge is -2.12. The first-order valence-corrected chi connectivity index (χ1v) is 6.61. The van der Waals surface area contributed by atoms with E-state index < -0.39 is 5.97 Å². The van der Waals surface area contributed by atoms with Gasteiger partial charge in [-0.1, -0.05) is 11.6 Å². The highest BCUT2D eigenvalue weighted by Gasteiger charge is 2.11. The summed E-state index contributed by atoms with van der Waals surface area (Å²) >= 11 is 3.36. The van der Waals surface area contributed by atoms with Crippen LogP contribution in [0.15, 0.2) is 40.9 Å². The number of hydrogen-bond donors (Lipinski definition) is 2. The van der Waals surface area contributed by atoms with Crippen LogP contribution in [-0.2, 0) is 0 Å². The van der Waals surface area contributed by atoms with E-state index in [-0.39, 0.29) is 5.56 Å². The average molecular weight is 331 g/mol. The summed E-state index contributed by atoms with van der Waals surface area (Å²) in [7, 11) is 0. The fourth-order valence-corrected chi connectivity index (χ4v) is 2.25. The number of aromatic carboxylic acids is 1. The molecule has 0 saturated carbocycles. The van der Waals surface area contributed by atoms with Gasteiger partial charge in [-0.25, -0.2) is 4.79 Å². The van der Waals surface area contributed by atoms with E-state index in [9.17, 15) is 9.90 Å². The second-order valence-electron chi connectivity index (χ2n) is 4.29. The minimum atomic E-state index is -0.985. The van der Waals surface area contributed by atoms with Crippen molar-refractivity contribution in [2.75, 3.05) is 5.32 Å². The van der Waals surface area contributed by atoms with Crippen LogP contribution in [0.3, 0.4) is 0 Å². The maximum atomic E-state index is 11.3. The average Bonchev–Trinajstić information content (AvgIpc) is 2.42. The minimum Gasteiger partial charge on any atom is -0.478 e. The number of carboxylic acids is 1. The number of rotatable bonds is 3. The molecule has 2 rings (SSSR count). The van der Waals surface area contributed by atoms with Crippen LogP contribution in [0.1, 0.15) is 21.5 Å². The maximum absolute atomic E-state index is 11.3. The van der Waals surface area contributed by atoms with Crippen LogP contribution in [0.5, 0.6) is 0 Å². The SMILES string of the molecule is Cc1ccc(Nc2ccc(C#N)cc2Br)c(C(=O)O)c1. The zero-order valence-electron chi connectivity index (χ0n) is 10.6. The van der Waals surface area contributed by atoms with Crippen molar-refractivity contribution in [1.29, 1.82) is 5.26 Å². The van der Waals surface area contributed by atoms with Crippen LogP contribution < -0.4 is 5.32 Å². The molecule has 2 aromatic rings. The van der Waals surface area contributed by atoms with Gasteiger partial charge in [-0.2, -0.15) is 5.26 Å². The predicted octanol–water partition coefficient (Wildman–Crippen LogP) is 4.07. The molecule has 2 N–H and O–H groups in total. The van der Waals surface area contributed by atoms with Crippen molar-refractivity contribution in [1.82, 2.24) is 0 Å². The Hall–Kier alpha value is -2.32. The summed E-state index contributed by atoms with van der Waals surface area (Å²) in [6.07, 6.45) is 0. The Labute approximate surface area is 124 Å². The Balaban J connectivity index is 2.40. The second-order valence-corrected chi connectivity index (χ2v) is 5.14. The van der Waals surface area contributed by atoms with Gasteiger partial charge in [0.05, 0.1) is 28.6 Å². The highest BCUT2D eigenvalue weighted by molar-refractivity contribution is 9.10. The summed E-state index contributed by atoms with van der Waals surface area (Å²) in [6.45, 7) is 1.84. The Morgan fingerprint density at radius 3 is 2.55 bits per heavy atom. The number of hydrogen-bond acceptors (Lipinski definition) is 3. The van der Waals surface area contributed by atoms with E-state index in [0.717, 1.165) is 5.56 Å². The highest BCUT2D eigenvalue weighted by Crippen LogP contribution is 2.29. The van der Waals surface area contributed by atoms with E-state index in [1.165, 1.54) is 0 Å². The zero-order chi connectivity index (χ0) is 14.7. The number of carboxylic acid groups (broad SMARTS) is 1. The fraction of sp³-hybridized carbons (Fsp3) is 0.0667. The molecule has 0 aliphatic rings. The zero-order valence-corrected chi connectivity index (χ0v) is 12.2. The first-order chi connectivity index (χ1) is 9.51. The molecule has 0 bridgehead atoms. The number of benzene rings is 2. The molecule has 20 heavy (non-hydrogen) atoms. The van der Waals surface area contributed by atoms with Crippen LogP contribution >= 0.6 is 15.9 Å². The quantitative estimate of drug-likeness (QED) is 0.889. The lowest BCUT2D eigenvalue weighted by molar-refractivity contribution is 0.0698. The lowest BCUT2D eigenvalue weighted by Crippen LogP contribution is -2.03. The summed E-state index contributed by atoms with van der Waals surface area (Å²) in [5.74, 6) is -0.985. The first kappa shape index (κ1) is 14.1. The summed E-state index contributed by atoms with van der Waals surface area (Å²) in [5.41, 5.74) is 2.83. The van der Waals surface area contributed by atoms with Crippen molar-refractivity contribution >= 4 is 33.3 Å². The van der Waals surface area contributed by atoms with Crippen molar-refractivity contribution in [2.24, 2.45) is 0 Å². The summed E-state index contributed by atoms with van der Waals surface area (Å²) in [4.78, 5) is 11.3. The molecule has 0 aromatic heterocycles. The van der Waals surface area contributed by atoms with Gasteiger partial charge in [-0.15, -0.1) is 0 Å². The molecule has 0 aliphatic heterocycles. The summed E-state index contributed by atoms with van der Waals surface area (Å²) in [5, 5.41) is 21.1. The Morgan fingerprint density at radius 1 is 1.25 bits per heavy atom. The number of halogens is 1. The second kappa shape index (κ2) is 5.76. The van der Waals surface area contributed by atoms with Gasteiger partial charge in [0, 0.05) is 4.47 Å². The van der Waals surface area contributed by atoms with Crippen molar-refractivity contribution < 1.29 is 9.90 Å². The van der Waals surface area contributed by atoms with Gasteiger partial charge in [-0.05, 0) is 53.2 Å². The van der Waals surface area contributed by atoms with Gasteiger partial charge in [-0.3, -0.25) is 0 Å². The highest BCUT2D eigenvalue weighted by atomic mass is 79.9. The molecule has 5 heteroatoms. The molecule has 0 atom stereocenters. The van der Waals surface area contributed by atoms with E-state index in [0.29, 0.717) is 21.4 Å². The molecule has 4 nitrogen and oxygen atoms in total. The topological polar surface area (TPSA) is 73.1 Å². The van der Waals surface area contributed by atoms with E-state index >= 15 is 0 Å². The molecule has 0 aliphatic carbocycles. The molecular weight excluding hydrogens is 320 g/mol. The normalized spacial score (nSPS) is 9.85. The van der Waals surface area contributed by atoms with Gasteiger partial charge in [0.2, 0.25) is 0 Å². The molecule has 0 radical (unpaired) electrons. The van der Waals surface area contributed by atoms with Crippen LogP contribution in [0.4, 0.5) is 11.4 Å². The maximum Gasteiger partial charge on any atom is 0.337 e. The van der Waals surface area contributed by atoms with Crippen LogP contribution in [0.2, 0.25) is 0 Å². The third-order valence-electron chi connectivity index (χ3n) is 2.77. The molecule has 0 spiro atoms. The van der Waals surface area contributed by atoms with Crippen LogP contribution in [-0.4, -0.2) is 11.1 Å². The molecule has 0 heterocycles. The molecule has 0 fully saturated rings. The Bertz CT molecular complexity index is 720. The largest absolute Gasteiger partial charge is 0.478 e. The minimum absolute atomic E-state index is 0.209. The standard InChI is InChI=1S/C15H11BrN2O2/c1-9-2-4-13(11(6-9)15(19)20)18-14-5-3-10(8-17)7-12(14)16/h2-7,18H,1H3,(H,19,20). The summed E-state index contributed by atoms with van der Waals surface area (Å²) in [6, 6.07) is 12.3. The molecule has 0 amide bonds. The number of carbonyl (C=O) groups is 1. The number of nitrogens with one attached hydrogen (secondary N) is 1. The monoisotopic (exact) mass is 330 g/mol. The molecule has 0 saturated heterocycles. The van der Waals surface area contributed by atoms with E-state index in [4.69, 9.17) is 5.26 Å². The van der Waals surface area contributed by atoms with Crippen molar-refractivity contribution in [2.45, 2.75) is 6.92 Å². The molecule has 2 aromatic carbocycles. The molecular formula is C15H11BrN2O2. The van der Waals surface area contributed by atoms with Crippen molar-refractivity contribution in [3.63, 3.8) is 0 Å². The van der Waals surface area contributed by atoms with Gasteiger partial charge in [0.1, 0.15) is 0 Å². The van der Waals surface area contributed by atoms with Crippen LogP contribution in [0.25, 0.3) is 0 Å². The van der Waals surface area contributed by atoms with Crippen molar-refractivity contribution in [3.8, 4) is 6.07 Å². The Morgan fingerprint density at radius 2 is 1.95 bits per heavy atom. The van der Waals surface area contributed by atoms with E-state index in [2.05, 4.69) is 21.2 Å². The van der Waals surface area contributed by atoms with Gasteiger partial charge < -0.3 is 10.4 Å². The molecule has 100 valence electrons. The third-order valence-corrected chi connectivity index (χ3v) is 3.43. The smallest absolute Gasteiger partial charge is 0.337 e. The van der Waals surface area contributed by atoms with Crippen molar-refractivity contribution in [3.05, 3.63) is 57.6 Å². The Kier molecular flexibility index (Phi) is 4.06. The lowest BCUT2D eigenvalue weighted by atomic mass is 10.1. The molecule has 0 unspecified atom stereocenters. The van der Waals surface area contributed by atoms with E-state index in [1.54, 1.807) is 30.3 Å². The number of anilines is 2. The van der Waals surface area contributed by atoms with E-state index in [1.807, 2.05) is 19.1 Å². The number of aryl methyl sites for hydroxylation is 1. The van der Waals surface area contributed by atoms with Gasteiger partial charge in [0.25, 0.3) is 0 Å².